The summed E-state index contributed by atoms with van der Waals surface area (Å²) >= 11 is 19.4. The smallest absolute Gasteiger partial charge is 0.113 e. The normalized spacial score (nSPS) is 10.7. The molecule has 0 aliphatic heterocycles. The second kappa shape index (κ2) is 8.08. The zero-order valence-electron chi connectivity index (χ0n) is 7.13. The molecular formula is C7H8Br2S5. The average molecular weight is 412 g/mol. The van der Waals surface area contributed by atoms with Crippen molar-refractivity contribution in [3.63, 3.8) is 0 Å². The fraction of sp³-hybridized carbons (Fsp3) is 0.571. The van der Waals surface area contributed by atoms with Gasteiger partial charge < -0.3 is 0 Å². The fourth-order valence-corrected chi connectivity index (χ4v) is 7.37. The minimum Gasteiger partial charge on any atom is -0.113 e. The van der Waals surface area contributed by atoms with Gasteiger partial charge in [-0.15, -0.1) is 46.2 Å². The summed E-state index contributed by atoms with van der Waals surface area (Å²) in [5.41, 5.74) is 0. The van der Waals surface area contributed by atoms with Crippen LogP contribution in [0.1, 0.15) is 0 Å². The average Bonchev–Trinajstić information content (AvgIpc) is 2.52. The summed E-state index contributed by atoms with van der Waals surface area (Å²) in [5, 5.41) is 2.07. The van der Waals surface area contributed by atoms with Gasteiger partial charge >= 0.3 is 0 Å². The molecule has 0 saturated carbocycles. The molecule has 0 aliphatic carbocycles. The second-order valence-electron chi connectivity index (χ2n) is 2.10. The van der Waals surface area contributed by atoms with Crippen LogP contribution in [0, 0.1) is 3.14 Å². The van der Waals surface area contributed by atoms with Crippen LogP contribution < -0.4 is 0 Å². The Kier molecular flexibility index (Phi) is 8.08. The Bertz CT molecular complexity index is 290. The zero-order chi connectivity index (χ0) is 10.4. The third kappa shape index (κ3) is 4.84. The van der Waals surface area contributed by atoms with E-state index in [1.54, 1.807) is 22.7 Å². The molecule has 0 nitrogen and oxygen atoms in total. The molecule has 80 valence electrons. The zero-order valence-corrected chi connectivity index (χ0v) is 14.4. The van der Waals surface area contributed by atoms with E-state index in [0.717, 1.165) is 25.3 Å². The van der Waals surface area contributed by atoms with Crippen molar-refractivity contribution in [2.45, 2.75) is 8.42 Å². The molecule has 7 heteroatoms. The van der Waals surface area contributed by atoms with Crippen LogP contribution in [0.2, 0.25) is 0 Å². The number of hydrogen-bond donors (Lipinski definition) is 0. The summed E-state index contributed by atoms with van der Waals surface area (Å²) in [4.78, 5) is 0. The van der Waals surface area contributed by atoms with E-state index >= 15 is 0 Å². The SMILES string of the molecule is S=c1sc(SCCBr)c(SCCBr)s1. The highest BCUT2D eigenvalue weighted by Gasteiger charge is 2.07. The van der Waals surface area contributed by atoms with Crippen LogP contribution in [0.4, 0.5) is 0 Å². The predicted octanol–water partition coefficient (Wildman–Crippen LogP) is 5.51. The molecule has 1 heterocycles. The molecule has 0 bridgehead atoms. The van der Waals surface area contributed by atoms with Crippen LogP contribution in [0.25, 0.3) is 0 Å². The first kappa shape index (κ1) is 14.0. The highest BCUT2D eigenvalue weighted by Crippen LogP contribution is 2.40. The van der Waals surface area contributed by atoms with Crippen LogP contribution in [-0.2, 0) is 0 Å². The maximum Gasteiger partial charge on any atom is 0.145 e. The molecule has 1 aromatic heterocycles. The Morgan fingerprint density at radius 3 is 1.79 bits per heavy atom. The van der Waals surface area contributed by atoms with Crippen molar-refractivity contribution in [2.24, 2.45) is 0 Å². The highest BCUT2D eigenvalue weighted by molar-refractivity contribution is 9.09. The van der Waals surface area contributed by atoms with E-state index in [1.807, 2.05) is 23.5 Å². The molecule has 0 spiro atoms. The van der Waals surface area contributed by atoms with Gasteiger partial charge in [-0.1, -0.05) is 44.1 Å². The third-order valence-electron chi connectivity index (χ3n) is 1.14. The Hall–Kier alpha value is 1.93. The van der Waals surface area contributed by atoms with Gasteiger partial charge in [0.25, 0.3) is 0 Å². The van der Waals surface area contributed by atoms with Crippen molar-refractivity contribution >= 4 is 90.3 Å². The lowest BCUT2D eigenvalue weighted by molar-refractivity contribution is 1.46. The first-order valence-corrected chi connectivity index (χ1v) is 10.0. The second-order valence-corrected chi connectivity index (χ2v) is 9.64. The van der Waals surface area contributed by atoms with Gasteiger partial charge in [0.05, 0.1) is 8.42 Å². The van der Waals surface area contributed by atoms with Crippen molar-refractivity contribution in [2.75, 3.05) is 22.2 Å². The summed E-state index contributed by atoms with van der Waals surface area (Å²) < 4.78 is 3.83. The maximum atomic E-state index is 5.21. The monoisotopic (exact) mass is 410 g/mol. The summed E-state index contributed by atoms with van der Waals surface area (Å²) in [6, 6.07) is 0. The van der Waals surface area contributed by atoms with E-state index < -0.39 is 0 Å². The summed E-state index contributed by atoms with van der Waals surface area (Å²) in [5.74, 6) is 2.23. The standard InChI is InChI=1S/C7H8Br2S5/c8-1-3-11-5-6(12-4-2-9)14-7(10)13-5/h1-4H2. The Labute approximate surface area is 123 Å². The number of rotatable bonds is 6. The lowest BCUT2D eigenvalue weighted by Crippen LogP contribution is -1.79. The molecule has 1 aromatic rings. The maximum absolute atomic E-state index is 5.21. The first-order valence-electron chi connectivity index (χ1n) is 3.79. The van der Waals surface area contributed by atoms with Gasteiger partial charge in [0, 0.05) is 22.2 Å². The molecule has 0 radical (unpaired) electrons. The number of alkyl halides is 2. The number of halogens is 2. The predicted molar refractivity (Wildman–Crippen MR) is 82.1 cm³/mol. The molecule has 1 rings (SSSR count). The molecule has 0 saturated heterocycles. The number of hydrogen-bond acceptors (Lipinski definition) is 5. The van der Waals surface area contributed by atoms with Gasteiger partial charge in [-0.05, 0) is 0 Å². The Morgan fingerprint density at radius 2 is 1.43 bits per heavy atom. The fourth-order valence-electron chi connectivity index (χ4n) is 0.695. The van der Waals surface area contributed by atoms with E-state index in [2.05, 4.69) is 31.9 Å². The van der Waals surface area contributed by atoms with Crippen molar-refractivity contribution in [3.8, 4) is 0 Å². The molecule has 0 atom stereocenters. The summed E-state index contributed by atoms with van der Waals surface area (Å²) in [6.07, 6.45) is 0. The molecule has 0 fully saturated rings. The number of thioether (sulfide) groups is 2. The van der Waals surface area contributed by atoms with Gasteiger partial charge in [-0.2, -0.15) is 0 Å². The molecule has 0 unspecified atom stereocenters. The lowest BCUT2D eigenvalue weighted by atomic mass is 11.0. The molecule has 0 aromatic carbocycles. The Morgan fingerprint density at radius 1 is 1.00 bits per heavy atom. The van der Waals surface area contributed by atoms with Gasteiger partial charge in [0.15, 0.2) is 0 Å². The molecule has 14 heavy (non-hydrogen) atoms. The van der Waals surface area contributed by atoms with Crippen LogP contribution in [0.3, 0.4) is 0 Å². The van der Waals surface area contributed by atoms with E-state index in [4.69, 9.17) is 12.2 Å². The van der Waals surface area contributed by atoms with Crippen LogP contribution in [0.15, 0.2) is 8.42 Å². The third-order valence-corrected chi connectivity index (χ3v) is 8.57. The van der Waals surface area contributed by atoms with E-state index in [1.165, 1.54) is 8.42 Å². The lowest BCUT2D eigenvalue weighted by Gasteiger charge is -1.98. The molecular weight excluding hydrogens is 404 g/mol. The van der Waals surface area contributed by atoms with E-state index in [-0.39, 0.29) is 0 Å². The Balaban J connectivity index is 2.64. The largest absolute Gasteiger partial charge is 0.145 e. The van der Waals surface area contributed by atoms with Crippen molar-refractivity contribution < 1.29 is 0 Å². The molecule has 0 amide bonds. The van der Waals surface area contributed by atoms with Gasteiger partial charge in [-0.3, -0.25) is 0 Å². The van der Waals surface area contributed by atoms with Crippen LogP contribution in [-0.4, -0.2) is 22.2 Å². The highest BCUT2D eigenvalue weighted by atomic mass is 79.9. The van der Waals surface area contributed by atoms with Crippen molar-refractivity contribution in [3.05, 3.63) is 3.14 Å². The first-order chi connectivity index (χ1) is 6.77. The van der Waals surface area contributed by atoms with Gasteiger partial charge in [0.2, 0.25) is 0 Å². The van der Waals surface area contributed by atoms with Crippen molar-refractivity contribution in [1.29, 1.82) is 0 Å². The molecule has 0 aliphatic rings. The van der Waals surface area contributed by atoms with E-state index in [0.29, 0.717) is 0 Å². The topological polar surface area (TPSA) is 0 Å². The minimum absolute atomic E-state index is 1.04. The minimum atomic E-state index is 1.04. The summed E-state index contributed by atoms with van der Waals surface area (Å²) in [6.45, 7) is 0. The van der Waals surface area contributed by atoms with Crippen LogP contribution >= 0.6 is 90.3 Å². The summed E-state index contributed by atoms with van der Waals surface area (Å²) in [7, 11) is 0. The van der Waals surface area contributed by atoms with Crippen LogP contribution in [0.5, 0.6) is 0 Å². The quantitative estimate of drug-likeness (QED) is 0.344. The molecule has 0 N–H and O–H groups in total. The van der Waals surface area contributed by atoms with Gasteiger partial charge in [0.1, 0.15) is 3.14 Å². The van der Waals surface area contributed by atoms with E-state index in [9.17, 15) is 0 Å². The van der Waals surface area contributed by atoms with Crippen molar-refractivity contribution in [1.82, 2.24) is 0 Å². The van der Waals surface area contributed by atoms with Gasteiger partial charge in [-0.25, -0.2) is 0 Å².